The van der Waals surface area contributed by atoms with E-state index < -0.39 is 34.2 Å². The lowest BCUT2D eigenvalue weighted by Gasteiger charge is -2.22. The zero-order valence-corrected chi connectivity index (χ0v) is 17.6. The van der Waals surface area contributed by atoms with E-state index in [4.69, 9.17) is 9.47 Å². The summed E-state index contributed by atoms with van der Waals surface area (Å²) >= 11 is 0. The Bertz CT molecular complexity index is 1180. The number of methoxy groups -OCH3 is 2. The van der Waals surface area contributed by atoms with E-state index in [1.165, 1.54) is 13.2 Å². The number of carbonyl (C=O) groups excluding carboxylic acids is 2. The van der Waals surface area contributed by atoms with E-state index in [2.05, 4.69) is 9.46 Å². The van der Waals surface area contributed by atoms with Crippen molar-refractivity contribution in [2.75, 3.05) is 25.5 Å². The molecule has 1 aliphatic carbocycles. The molecule has 0 radical (unpaired) electrons. The fourth-order valence-electron chi connectivity index (χ4n) is 3.81. The van der Waals surface area contributed by atoms with Crippen LogP contribution in [0.3, 0.4) is 0 Å². The van der Waals surface area contributed by atoms with Gasteiger partial charge in [-0.2, -0.15) is 0 Å². The highest BCUT2D eigenvalue weighted by Gasteiger charge is 2.45. The highest BCUT2D eigenvalue weighted by molar-refractivity contribution is 7.92. The second-order valence-electron chi connectivity index (χ2n) is 7.42. The van der Waals surface area contributed by atoms with Gasteiger partial charge >= 0.3 is 11.9 Å². The Hall–Kier alpha value is -3.14. The molecular weight excluding hydrogens is 429 g/mol. The molecule has 1 heterocycles. The molecule has 0 aromatic heterocycles. The van der Waals surface area contributed by atoms with E-state index in [-0.39, 0.29) is 27.6 Å². The fraction of sp³-hybridized carbons (Fsp3) is 0.333. The molecule has 8 nitrogen and oxygen atoms in total. The molecule has 2 aliphatic rings. The molecule has 0 amide bonds. The molecular formula is C21H20FNO7S. The molecule has 1 saturated carbocycles. The molecule has 0 spiro atoms. The van der Waals surface area contributed by atoms with Crippen molar-refractivity contribution in [2.24, 2.45) is 5.92 Å². The van der Waals surface area contributed by atoms with Crippen LogP contribution in [0.1, 0.15) is 33.8 Å². The summed E-state index contributed by atoms with van der Waals surface area (Å²) in [6.45, 7) is 0.444. The highest BCUT2D eigenvalue weighted by Crippen LogP contribution is 2.55. The van der Waals surface area contributed by atoms with Gasteiger partial charge in [0, 0.05) is 5.92 Å². The van der Waals surface area contributed by atoms with E-state index in [0.717, 1.165) is 37.3 Å². The number of carbonyl (C=O) groups is 2. The van der Waals surface area contributed by atoms with E-state index in [1.807, 2.05) is 0 Å². The predicted molar refractivity (Wildman–Crippen MR) is 107 cm³/mol. The SMILES string of the molecule is COC(=O)Cc1cc(F)ccc1S(=O)(=O)Nc1ccc2c(c1C(=O)OC)OC[C@@H]1C[C@H]21. The number of hydrogen-bond donors (Lipinski definition) is 1. The number of hydrogen-bond acceptors (Lipinski definition) is 7. The summed E-state index contributed by atoms with van der Waals surface area (Å²) in [4.78, 5) is 23.9. The minimum atomic E-state index is -4.30. The smallest absolute Gasteiger partial charge is 0.343 e. The predicted octanol–water partition coefficient (Wildman–Crippen LogP) is 2.62. The van der Waals surface area contributed by atoms with Gasteiger partial charge in [-0.3, -0.25) is 9.52 Å². The van der Waals surface area contributed by atoms with Crippen molar-refractivity contribution >= 4 is 27.6 Å². The summed E-state index contributed by atoms with van der Waals surface area (Å²) < 4.78 is 57.5. The van der Waals surface area contributed by atoms with Gasteiger partial charge in [0.1, 0.15) is 17.1 Å². The first-order valence-electron chi connectivity index (χ1n) is 9.51. The zero-order valence-electron chi connectivity index (χ0n) is 16.8. The second kappa shape index (κ2) is 7.84. The summed E-state index contributed by atoms with van der Waals surface area (Å²) in [5.41, 5.74) is 0.713. The summed E-state index contributed by atoms with van der Waals surface area (Å²) in [6.07, 6.45) is 0.510. The molecule has 0 saturated heterocycles. The number of fused-ring (bicyclic) bond motifs is 3. The van der Waals surface area contributed by atoms with Crippen molar-refractivity contribution in [3.05, 3.63) is 52.8 Å². The number of halogens is 1. The van der Waals surface area contributed by atoms with Gasteiger partial charge in [0.25, 0.3) is 10.0 Å². The Balaban J connectivity index is 1.76. The summed E-state index contributed by atoms with van der Waals surface area (Å²) in [7, 11) is -1.96. The second-order valence-corrected chi connectivity index (χ2v) is 9.07. The lowest BCUT2D eigenvalue weighted by atomic mass is 10.0. The fourth-order valence-corrected chi connectivity index (χ4v) is 5.11. The Morgan fingerprint density at radius 3 is 2.68 bits per heavy atom. The van der Waals surface area contributed by atoms with Crippen LogP contribution in [0.2, 0.25) is 0 Å². The first-order valence-corrected chi connectivity index (χ1v) is 11.0. The minimum Gasteiger partial charge on any atom is -0.492 e. The van der Waals surface area contributed by atoms with E-state index in [1.54, 1.807) is 6.07 Å². The molecule has 31 heavy (non-hydrogen) atoms. The van der Waals surface area contributed by atoms with E-state index >= 15 is 0 Å². The minimum absolute atomic E-state index is 0.0226. The van der Waals surface area contributed by atoms with Crippen LogP contribution >= 0.6 is 0 Å². The van der Waals surface area contributed by atoms with Crippen LogP contribution in [0.15, 0.2) is 35.2 Å². The van der Waals surface area contributed by atoms with Crippen molar-refractivity contribution in [3.8, 4) is 5.75 Å². The Morgan fingerprint density at radius 1 is 1.19 bits per heavy atom. The van der Waals surface area contributed by atoms with Crippen LogP contribution < -0.4 is 9.46 Å². The number of benzene rings is 2. The first kappa shape index (κ1) is 21.1. The Morgan fingerprint density at radius 2 is 1.97 bits per heavy atom. The van der Waals surface area contributed by atoms with E-state index in [0.29, 0.717) is 18.3 Å². The quantitative estimate of drug-likeness (QED) is 0.676. The van der Waals surface area contributed by atoms with Crippen molar-refractivity contribution < 1.29 is 36.6 Å². The van der Waals surface area contributed by atoms with Crippen molar-refractivity contribution in [1.29, 1.82) is 0 Å². The van der Waals surface area contributed by atoms with Crippen LogP contribution in [-0.4, -0.2) is 41.2 Å². The Labute approximate surface area is 178 Å². The zero-order chi connectivity index (χ0) is 22.3. The van der Waals surface area contributed by atoms with Crippen molar-refractivity contribution in [3.63, 3.8) is 0 Å². The van der Waals surface area contributed by atoms with Gasteiger partial charge < -0.3 is 14.2 Å². The van der Waals surface area contributed by atoms with Crippen LogP contribution in [0.4, 0.5) is 10.1 Å². The highest BCUT2D eigenvalue weighted by atomic mass is 32.2. The van der Waals surface area contributed by atoms with Gasteiger partial charge in [0.05, 0.1) is 37.8 Å². The average molecular weight is 449 g/mol. The number of esters is 2. The normalized spacial score (nSPS) is 18.8. The van der Waals surface area contributed by atoms with E-state index in [9.17, 15) is 22.4 Å². The van der Waals surface area contributed by atoms with Crippen LogP contribution in [0, 0.1) is 11.7 Å². The monoisotopic (exact) mass is 449 g/mol. The lowest BCUT2D eigenvalue weighted by Crippen LogP contribution is -2.21. The number of anilines is 1. The number of ether oxygens (including phenoxy) is 3. The molecule has 1 fully saturated rings. The number of sulfonamides is 1. The number of rotatable bonds is 6. The molecule has 0 bridgehead atoms. The van der Waals surface area contributed by atoms with Crippen molar-refractivity contribution in [2.45, 2.75) is 23.7 Å². The van der Waals surface area contributed by atoms with Crippen molar-refractivity contribution in [1.82, 2.24) is 0 Å². The maximum absolute atomic E-state index is 13.7. The molecule has 2 aromatic rings. The molecule has 2 aromatic carbocycles. The largest absolute Gasteiger partial charge is 0.492 e. The molecule has 1 N–H and O–H groups in total. The van der Waals surface area contributed by atoms with Gasteiger partial charge in [-0.15, -0.1) is 0 Å². The van der Waals surface area contributed by atoms with Crippen LogP contribution in [0.25, 0.3) is 0 Å². The third kappa shape index (κ3) is 3.95. The molecule has 1 aliphatic heterocycles. The Kier molecular flexibility index (Phi) is 5.34. The molecule has 2 atom stereocenters. The van der Waals surface area contributed by atoms with Crippen LogP contribution in [0.5, 0.6) is 5.75 Å². The topological polar surface area (TPSA) is 108 Å². The average Bonchev–Trinajstić information content (AvgIpc) is 3.52. The summed E-state index contributed by atoms with van der Waals surface area (Å²) in [5.74, 6) is -1.18. The van der Waals surface area contributed by atoms with Gasteiger partial charge in [0.15, 0.2) is 0 Å². The van der Waals surface area contributed by atoms with Gasteiger partial charge in [-0.05, 0) is 47.7 Å². The van der Waals surface area contributed by atoms with Crippen LogP contribution in [-0.2, 0) is 30.7 Å². The number of nitrogens with one attached hydrogen (secondary N) is 1. The molecule has 0 unspecified atom stereocenters. The standard InChI is InChI=1S/C21H20FNO7S/c1-28-18(24)9-11-7-13(22)3-6-17(11)31(26,27)23-16-5-4-14-15-8-12(15)10-30-20(14)19(16)21(25)29-2/h3-7,12,15,23H,8-10H2,1-2H3/t12-,15-/m0/s1. The summed E-state index contributed by atoms with van der Waals surface area (Å²) in [6, 6.07) is 6.19. The lowest BCUT2D eigenvalue weighted by molar-refractivity contribution is -0.139. The maximum atomic E-state index is 13.7. The van der Waals surface area contributed by atoms with Gasteiger partial charge in [-0.25, -0.2) is 17.6 Å². The molecule has 164 valence electrons. The van der Waals surface area contributed by atoms with Gasteiger partial charge in [0.2, 0.25) is 0 Å². The molecule has 10 heteroatoms. The third-order valence-electron chi connectivity index (χ3n) is 5.46. The first-order chi connectivity index (χ1) is 14.7. The molecule has 4 rings (SSSR count). The van der Waals surface area contributed by atoms with Gasteiger partial charge in [-0.1, -0.05) is 6.07 Å². The third-order valence-corrected chi connectivity index (χ3v) is 6.93. The summed E-state index contributed by atoms with van der Waals surface area (Å²) in [5, 5.41) is 0. The maximum Gasteiger partial charge on any atom is 0.343 e.